The van der Waals surface area contributed by atoms with Gasteiger partial charge in [0.05, 0.1) is 11.5 Å². The van der Waals surface area contributed by atoms with Gasteiger partial charge in [-0.2, -0.15) is 4.98 Å². The number of halogens is 1. The number of H-pyrrole nitrogens is 1. The van der Waals surface area contributed by atoms with Crippen LogP contribution < -0.4 is 4.90 Å². The van der Waals surface area contributed by atoms with Crippen LogP contribution in [0.15, 0.2) is 24.3 Å². The van der Waals surface area contributed by atoms with Crippen LogP contribution in [-0.2, 0) is 16.3 Å². The minimum atomic E-state index is -2.91. The van der Waals surface area contributed by atoms with E-state index in [0.717, 1.165) is 5.56 Å². The molecule has 0 atom stereocenters. The highest BCUT2D eigenvalue weighted by Gasteiger charge is 2.24. The lowest BCUT2D eigenvalue weighted by molar-refractivity contribution is 0.585. The third kappa shape index (κ3) is 3.38. The van der Waals surface area contributed by atoms with Crippen molar-refractivity contribution in [2.24, 2.45) is 0 Å². The molecule has 1 aromatic heterocycles. The van der Waals surface area contributed by atoms with E-state index in [9.17, 15) is 12.8 Å². The Hall–Kier alpha value is -1.96. The van der Waals surface area contributed by atoms with Crippen molar-refractivity contribution in [1.82, 2.24) is 15.2 Å². The molecule has 0 spiro atoms. The van der Waals surface area contributed by atoms with Crippen LogP contribution >= 0.6 is 0 Å². The Kier molecular flexibility index (Phi) is 3.62. The standard InChI is InChI=1S/C13H15FN4O2S/c14-11-3-1-10(2-4-11)9-12-15-13(17-16-12)18-5-7-21(19,20)8-6-18/h1-4H,5-9H2,(H,15,16,17). The zero-order valence-electron chi connectivity index (χ0n) is 11.3. The molecule has 3 rings (SSSR count). The number of benzene rings is 1. The van der Waals surface area contributed by atoms with Crippen molar-refractivity contribution in [2.45, 2.75) is 6.42 Å². The number of sulfone groups is 1. The predicted molar refractivity (Wildman–Crippen MR) is 76.5 cm³/mol. The predicted octanol–water partition coefficient (Wildman–Crippen LogP) is 0.769. The van der Waals surface area contributed by atoms with E-state index in [2.05, 4.69) is 15.2 Å². The molecule has 2 heterocycles. The average molecular weight is 310 g/mol. The quantitative estimate of drug-likeness (QED) is 0.906. The molecule has 1 fully saturated rings. The Labute approximate surface area is 121 Å². The number of aromatic nitrogens is 3. The average Bonchev–Trinajstić information content (AvgIpc) is 2.90. The summed E-state index contributed by atoms with van der Waals surface area (Å²) in [6.45, 7) is 0.826. The van der Waals surface area contributed by atoms with Gasteiger partial charge in [0.2, 0.25) is 5.95 Å². The van der Waals surface area contributed by atoms with Crippen LogP contribution in [0.25, 0.3) is 0 Å². The molecular weight excluding hydrogens is 295 g/mol. The van der Waals surface area contributed by atoms with E-state index in [1.54, 1.807) is 12.1 Å². The molecule has 1 aliphatic rings. The van der Waals surface area contributed by atoms with Gasteiger partial charge >= 0.3 is 0 Å². The van der Waals surface area contributed by atoms with E-state index in [1.807, 2.05) is 4.90 Å². The van der Waals surface area contributed by atoms with Gasteiger partial charge in [-0.25, -0.2) is 12.8 Å². The topological polar surface area (TPSA) is 79.0 Å². The van der Waals surface area contributed by atoms with Crippen molar-refractivity contribution < 1.29 is 12.8 Å². The number of hydrogen-bond acceptors (Lipinski definition) is 5. The summed E-state index contributed by atoms with van der Waals surface area (Å²) in [6, 6.07) is 6.21. The van der Waals surface area contributed by atoms with E-state index in [-0.39, 0.29) is 17.3 Å². The van der Waals surface area contributed by atoms with Crippen LogP contribution in [0.3, 0.4) is 0 Å². The zero-order valence-corrected chi connectivity index (χ0v) is 12.1. The smallest absolute Gasteiger partial charge is 0.244 e. The maximum atomic E-state index is 12.8. The van der Waals surface area contributed by atoms with Crippen molar-refractivity contribution in [3.8, 4) is 0 Å². The first-order valence-electron chi connectivity index (χ1n) is 6.63. The normalized spacial score (nSPS) is 17.9. The lowest BCUT2D eigenvalue weighted by Crippen LogP contribution is -2.40. The van der Waals surface area contributed by atoms with Gasteiger partial charge in [0.25, 0.3) is 0 Å². The fourth-order valence-corrected chi connectivity index (χ4v) is 3.41. The third-order valence-corrected chi connectivity index (χ3v) is 5.04. The van der Waals surface area contributed by atoms with Crippen molar-refractivity contribution in [3.63, 3.8) is 0 Å². The number of anilines is 1. The summed E-state index contributed by atoms with van der Waals surface area (Å²) in [5.41, 5.74) is 0.931. The number of nitrogens with zero attached hydrogens (tertiary/aromatic N) is 3. The second-order valence-electron chi connectivity index (χ2n) is 5.02. The molecule has 1 saturated heterocycles. The van der Waals surface area contributed by atoms with Crippen molar-refractivity contribution >= 4 is 15.8 Å². The van der Waals surface area contributed by atoms with Crippen LogP contribution in [0.2, 0.25) is 0 Å². The van der Waals surface area contributed by atoms with Gasteiger partial charge < -0.3 is 4.90 Å². The number of hydrogen-bond donors (Lipinski definition) is 1. The van der Waals surface area contributed by atoms with Crippen molar-refractivity contribution in [2.75, 3.05) is 29.5 Å². The minimum Gasteiger partial charge on any atom is -0.338 e. The first kappa shape index (κ1) is 14.0. The first-order chi connectivity index (χ1) is 10.0. The number of nitrogens with one attached hydrogen (secondary N) is 1. The molecule has 21 heavy (non-hydrogen) atoms. The Bertz CT molecular complexity index is 713. The van der Waals surface area contributed by atoms with Crippen LogP contribution in [-0.4, -0.2) is 48.2 Å². The molecule has 8 heteroatoms. The van der Waals surface area contributed by atoms with Crippen LogP contribution in [0.4, 0.5) is 10.3 Å². The monoisotopic (exact) mass is 310 g/mol. The second-order valence-corrected chi connectivity index (χ2v) is 7.33. The number of aromatic amines is 1. The van der Waals surface area contributed by atoms with Crippen molar-refractivity contribution in [3.05, 3.63) is 41.5 Å². The molecule has 0 bridgehead atoms. The summed E-state index contributed by atoms with van der Waals surface area (Å²) < 4.78 is 35.6. The second kappa shape index (κ2) is 5.44. The van der Waals surface area contributed by atoms with E-state index >= 15 is 0 Å². The largest absolute Gasteiger partial charge is 0.338 e. The fraction of sp³-hybridized carbons (Fsp3) is 0.385. The zero-order chi connectivity index (χ0) is 14.9. The Morgan fingerprint density at radius 1 is 1.19 bits per heavy atom. The summed E-state index contributed by atoms with van der Waals surface area (Å²) in [4.78, 5) is 6.22. The molecule has 0 saturated carbocycles. The highest BCUT2D eigenvalue weighted by molar-refractivity contribution is 7.91. The van der Waals surface area contributed by atoms with Crippen LogP contribution in [0.5, 0.6) is 0 Å². The lowest BCUT2D eigenvalue weighted by Gasteiger charge is -2.25. The first-order valence-corrected chi connectivity index (χ1v) is 8.45. The van der Waals surface area contributed by atoms with Gasteiger partial charge in [0.1, 0.15) is 11.6 Å². The summed E-state index contributed by atoms with van der Waals surface area (Å²) in [5, 5.41) is 6.96. The molecule has 1 aliphatic heterocycles. The molecule has 6 nitrogen and oxygen atoms in total. The summed E-state index contributed by atoms with van der Waals surface area (Å²) in [6.07, 6.45) is 0.527. The van der Waals surface area contributed by atoms with E-state index in [0.29, 0.717) is 31.3 Å². The Morgan fingerprint density at radius 2 is 1.86 bits per heavy atom. The highest BCUT2D eigenvalue weighted by atomic mass is 32.2. The van der Waals surface area contributed by atoms with Crippen molar-refractivity contribution in [1.29, 1.82) is 0 Å². The molecule has 1 N–H and O–H groups in total. The molecular formula is C13H15FN4O2S. The molecule has 2 aromatic rings. The Morgan fingerprint density at radius 3 is 2.52 bits per heavy atom. The summed E-state index contributed by atoms with van der Waals surface area (Å²) in [5.74, 6) is 1.18. The number of rotatable bonds is 3. The molecule has 0 aliphatic carbocycles. The van der Waals surface area contributed by atoms with Crippen LogP contribution in [0.1, 0.15) is 11.4 Å². The van der Waals surface area contributed by atoms with Gasteiger partial charge in [-0.1, -0.05) is 12.1 Å². The van der Waals surface area contributed by atoms with Crippen LogP contribution in [0, 0.1) is 5.82 Å². The maximum absolute atomic E-state index is 12.8. The molecule has 0 unspecified atom stereocenters. The van der Waals surface area contributed by atoms with Gasteiger partial charge in [0.15, 0.2) is 9.84 Å². The highest BCUT2D eigenvalue weighted by Crippen LogP contribution is 2.14. The minimum absolute atomic E-state index is 0.134. The molecule has 112 valence electrons. The maximum Gasteiger partial charge on any atom is 0.244 e. The summed E-state index contributed by atoms with van der Waals surface area (Å²) >= 11 is 0. The molecule has 0 radical (unpaired) electrons. The van der Waals surface area contributed by atoms with Gasteiger partial charge in [-0.05, 0) is 17.7 Å². The van der Waals surface area contributed by atoms with E-state index in [1.165, 1.54) is 12.1 Å². The lowest BCUT2D eigenvalue weighted by atomic mass is 10.1. The van der Waals surface area contributed by atoms with Gasteiger partial charge in [0, 0.05) is 19.5 Å². The fourth-order valence-electron chi connectivity index (χ4n) is 2.21. The molecule has 0 amide bonds. The van der Waals surface area contributed by atoms with E-state index in [4.69, 9.17) is 0 Å². The third-order valence-electron chi connectivity index (χ3n) is 3.43. The van der Waals surface area contributed by atoms with Gasteiger partial charge in [-0.15, -0.1) is 5.10 Å². The SMILES string of the molecule is O=S1(=O)CCN(c2n[nH]c(Cc3ccc(F)cc3)n2)CC1. The van der Waals surface area contributed by atoms with E-state index < -0.39 is 9.84 Å². The van der Waals surface area contributed by atoms with Gasteiger partial charge in [-0.3, -0.25) is 5.10 Å². The Balaban J connectivity index is 1.68. The summed E-state index contributed by atoms with van der Waals surface area (Å²) in [7, 11) is -2.91. The molecule has 1 aromatic carbocycles.